The molecule has 21 heavy (non-hydrogen) atoms. The zero-order valence-electron chi connectivity index (χ0n) is 12.5. The van der Waals surface area contributed by atoms with Gasteiger partial charge in [0.25, 0.3) is 0 Å². The average molecular weight is 282 g/mol. The Morgan fingerprint density at radius 2 is 1.62 bits per heavy atom. The molecule has 0 amide bonds. The third-order valence-electron chi connectivity index (χ3n) is 3.59. The second-order valence-electron chi connectivity index (χ2n) is 5.13. The van der Waals surface area contributed by atoms with Gasteiger partial charge in [0.05, 0.1) is 12.5 Å². The summed E-state index contributed by atoms with van der Waals surface area (Å²) in [4.78, 5) is 12.2. The summed E-state index contributed by atoms with van der Waals surface area (Å²) in [6.45, 7) is 2.50. The second-order valence-corrected chi connectivity index (χ2v) is 5.13. The lowest BCUT2D eigenvalue weighted by Gasteiger charge is -2.14. The van der Waals surface area contributed by atoms with Crippen molar-refractivity contribution < 1.29 is 9.53 Å². The van der Waals surface area contributed by atoms with Gasteiger partial charge in [0.15, 0.2) is 0 Å². The predicted molar refractivity (Wildman–Crippen MR) is 85.2 cm³/mol. The number of ether oxygens (including phenoxy) is 1. The third kappa shape index (κ3) is 4.75. The molecule has 0 aliphatic rings. The Kier molecular flexibility index (Phi) is 6.01. The van der Waals surface area contributed by atoms with Crippen molar-refractivity contribution in [1.29, 1.82) is 0 Å². The molecule has 0 radical (unpaired) electrons. The van der Waals surface area contributed by atoms with E-state index in [1.54, 1.807) is 0 Å². The van der Waals surface area contributed by atoms with Gasteiger partial charge in [0, 0.05) is 0 Å². The zero-order valence-corrected chi connectivity index (χ0v) is 12.5. The SMILES string of the molecule is CCC(C(=O)OCCCc1ccccc1)c1ccccc1. The van der Waals surface area contributed by atoms with E-state index in [-0.39, 0.29) is 11.9 Å². The van der Waals surface area contributed by atoms with Crippen LogP contribution < -0.4 is 0 Å². The molecule has 2 rings (SSSR count). The fourth-order valence-electron chi connectivity index (χ4n) is 2.42. The zero-order chi connectivity index (χ0) is 14.9. The Morgan fingerprint density at radius 3 is 2.24 bits per heavy atom. The smallest absolute Gasteiger partial charge is 0.313 e. The van der Waals surface area contributed by atoms with Crippen LogP contribution in [-0.4, -0.2) is 12.6 Å². The molecule has 0 saturated heterocycles. The standard InChI is InChI=1S/C19H22O2/c1-2-18(17-13-7-4-8-14-17)19(20)21-15-9-12-16-10-5-3-6-11-16/h3-8,10-11,13-14,18H,2,9,12,15H2,1H3. The molecule has 110 valence electrons. The second kappa shape index (κ2) is 8.25. The minimum Gasteiger partial charge on any atom is -0.465 e. The van der Waals surface area contributed by atoms with Crippen molar-refractivity contribution in [3.63, 3.8) is 0 Å². The number of hydrogen-bond acceptors (Lipinski definition) is 2. The highest BCUT2D eigenvalue weighted by Gasteiger charge is 2.19. The number of esters is 1. The van der Waals surface area contributed by atoms with Crippen LogP contribution in [0.4, 0.5) is 0 Å². The number of carbonyl (C=O) groups excluding carboxylic acids is 1. The van der Waals surface area contributed by atoms with Crippen molar-refractivity contribution in [1.82, 2.24) is 0 Å². The van der Waals surface area contributed by atoms with Gasteiger partial charge in [-0.1, -0.05) is 67.6 Å². The van der Waals surface area contributed by atoms with E-state index < -0.39 is 0 Å². The number of rotatable bonds is 7. The molecule has 0 fully saturated rings. The Bertz CT molecular complexity index is 534. The minimum absolute atomic E-state index is 0.114. The molecule has 1 unspecified atom stereocenters. The van der Waals surface area contributed by atoms with Crippen molar-refractivity contribution in [3.05, 3.63) is 71.8 Å². The highest BCUT2D eigenvalue weighted by atomic mass is 16.5. The maximum absolute atomic E-state index is 12.2. The first-order valence-corrected chi connectivity index (χ1v) is 7.56. The summed E-state index contributed by atoms with van der Waals surface area (Å²) >= 11 is 0. The van der Waals surface area contributed by atoms with E-state index in [9.17, 15) is 4.79 Å². The number of carbonyl (C=O) groups is 1. The Balaban J connectivity index is 1.78. The van der Waals surface area contributed by atoms with Crippen LogP contribution in [0.3, 0.4) is 0 Å². The van der Waals surface area contributed by atoms with Crippen LogP contribution in [0.15, 0.2) is 60.7 Å². The maximum Gasteiger partial charge on any atom is 0.313 e. The summed E-state index contributed by atoms with van der Waals surface area (Å²) in [5.41, 5.74) is 2.32. The lowest BCUT2D eigenvalue weighted by atomic mass is 9.97. The van der Waals surface area contributed by atoms with Crippen LogP contribution in [0.2, 0.25) is 0 Å². The molecule has 0 spiro atoms. The van der Waals surface area contributed by atoms with Crippen LogP contribution >= 0.6 is 0 Å². The Labute approximate surface area is 126 Å². The van der Waals surface area contributed by atoms with E-state index in [2.05, 4.69) is 12.1 Å². The van der Waals surface area contributed by atoms with Gasteiger partial charge >= 0.3 is 5.97 Å². The average Bonchev–Trinajstić information content (AvgIpc) is 2.54. The number of aryl methyl sites for hydroxylation is 1. The van der Waals surface area contributed by atoms with Gasteiger partial charge < -0.3 is 4.74 Å². The summed E-state index contributed by atoms with van der Waals surface area (Å²) < 4.78 is 5.43. The van der Waals surface area contributed by atoms with E-state index in [1.165, 1.54) is 5.56 Å². The van der Waals surface area contributed by atoms with Crippen LogP contribution in [-0.2, 0) is 16.0 Å². The number of benzene rings is 2. The van der Waals surface area contributed by atoms with Gasteiger partial charge in [-0.15, -0.1) is 0 Å². The van der Waals surface area contributed by atoms with Crippen LogP contribution in [0.25, 0.3) is 0 Å². The Hall–Kier alpha value is -2.09. The van der Waals surface area contributed by atoms with Crippen LogP contribution in [0, 0.1) is 0 Å². The molecule has 1 atom stereocenters. The first-order valence-electron chi connectivity index (χ1n) is 7.56. The maximum atomic E-state index is 12.2. The van der Waals surface area contributed by atoms with E-state index in [0.717, 1.165) is 24.8 Å². The normalized spacial score (nSPS) is 11.9. The Morgan fingerprint density at radius 1 is 1.00 bits per heavy atom. The molecule has 0 aromatic heterocycles. The van der Waals surface area contributed by atoms with Gasteiger partial charge in [-0.25, -0.2) is 0 Å². The lowest BCUT2D eigenvalue weighted by molar-refractivity contribution is -0.145. The summed E-state index contributed by atoms with van der Waals surface area (Å²) in [6, 6.07) is 20.1. The van der Waals surface area contributed by atoms with Gasteiger partial charge in [-0.2, -0.15) is 0 Å². The monoisotopic (exact) mass is 282 g/mol. The first-order chi connectivity index (χ1) is 10.3. The molecule has 0 N–H and O–H groups in total. The van der Waals surface area contributed by atoms with Crippen LogP contribution in [0.1, 0.15) is 36.8 Å². The third-order valence-corrected chi connectivity index (χ3v) is 3.59. The van der Waals surface area contributed by atoms with Gasteiger partial charge in [0.1, 0.15) is 0 Å². The van der Waals surface area contributed by atoms with E-state index >= 15 is 0 Å². The molecule has 0 bridgehead atoms. The highest BCUT2D eigenvalue weighted by molar-refractivity contribution is 5.78. The topological polar surface area (TPSA) is 26.3 Å². The summed E-state index contributed by atoms with van der Waals surface area (Å²) in [6.07, 6.45) is 2.57. The molecular formula is C19H22O2. The van der Waals surface area contributed by atoms with Gasteiger partial charge in [0.2, 0.25) is 0 Å². The fraction of sp³-hybridized carbons (Fsp3) is 0.316. The van der Waals surface area contributed by atoms with Crippen molar-refractivity contribution >= 4 is 5.97 Å². The summed E-state index contributed by atoms with van der Waals surface area (Å²) in [7, 11) is 0. The number of hydrogen-bond donors (Lipinski definition) is 0. The quantitative estimate of drug-likeness (QED) is 0.557. The molecule has 0 aliphatic heterocycles. The molecule has 2 nitrogen and oxygen atoms in total. The molecule has 0 aliphatic carbocycles. The molecule has 2 heteroatoms. The van der Waals surface area contributed by atoms with Crippen LogP contribution in [0.5, 0.6) is 0 Å². The lowest BCUT2D eigenvalue weighted by Crippen LogP contribution is -2.16. The molecule has 0 heterocycles. The van der Waals surface area contributed by atoms with Crippen molar-refractivity contribution in [2.24, 2.45) is 0 Å². The molecule has 2 aromatic carbocycles. The van der Waals surface area contributed by atoms with E-state index in [1.807, 2.05) is 55.5 Å². The first kappa shape index (κ1) is 15.3. The fourth-order valence-corrected chi connectivity index (χ4v) is 2.42. The summed E-state index contributed by atoms with van der Waals surface area (Å²) in [5.74, 6) is -0.264. The van der Waals surface area contributed by atoms with E-state index in [0.29, 0.717) is 6.61 Å². The summed E-state index contributed by atoms with van der Waals surface area (Å²) in [5, 5.41) is 0. The predicted octanol–water partition coefficient (Wildman–Crippen LogP) is 4.36. The molecule has 2 aromatic rings. The van der Waals surface area contributed by atoms with Gasteiger partial charge in [-0.3, -0.25) is 4.79 Å². The van der Waals surface area contributed by atoms with Gasteiger partial charge in [-0.05, 0) is 30.4 Å². The largest absolute Gasteiger partial charge is 0.465 e. The molecule has 0 saturated carbocycles. The minimum atomic E-state index is -0.150. The van der Waals surface area contributed by atoms with E-state index in [4.69, 9.17) is 4.74 Å². The van der Waals surface area contributed by atoms with Crippen molar-refractivity contribution in [2.45, 2.75) is 32.1 Å². The van der Waals surface area contributed by atoms with Crippen molar-refractivity contribution in [2.75, 3.05) is 6.61 Å². The highest BCUT2D eigenvalue weighted by Crippen LogP contribution is 2.20. The van der Waals surface area contributed by atoms with Crippen molar-refractivity contribution in [3.8, 4) is 0 Å². The molecular weight excluding hydrogens is 260 g/mol.